The number of hydrogen-bond acceptors (Lipinski definition) is 4. The third kappa shape index (κ3) is 2.50. The lowest BCUT2D eigenvalue weighted by Gasteiger charge is -2.31. The van der Waals surface area contributed by atoms with Crippen molar-refractivity contribution in [3.63, 3.8) is 0 Å². The number of rotatable bonds is 0. The van der Waals surface area contributed by atoms with Crippen molar-refractivity contribution in [2.75, 3.05) is 18.1 Å². The second-order valence-corrected chi connectivity index (χ2v) is 5.11. The molecule has 2 rings (SSSR count). The van der Waals surface area contributed by atoms with E-state index >= 15 is 0 Å². The third-order valence-corrected chi connectivity index (χ3v) is 2.44. The molecular formula is C13H17NO4. The van der Waals surface area contributed by atoms with Gasteiger partial charge in [0, 0.05) is 0 Å². The second kappa shape index (κ2) is 4.40. The number of hydrogen-bond donors (Lipinski definition) is 1. The van der Waals surface area contributed by atoms with Crippen LogP contribution in [-0.4, -0.2) is 30.0 Å². The number of nitrogens with zero attached hydrogens (tertiary/aromatic N) is 1. The van der Waals surface area contributed by atoms with Gasteiger partial charge >= 0.3 is 6.09 Å². The zero-order valence-electron chi connectivity index (χ0n) is 10.8. The van der Waals surface area contributed by atoms with Gasteiger partial charge in [0.1, 0.15) is 12.2 Å². The fraction of sp³-hybridized carbons (Fsp3) is 0.462. The summed E-state index contributed by atoms with van der Waals surface area (Å²) in [5.74, 6) is 0.357. The first kappa shape index (κ1) is 12.5. The van der Waals surface area contributed by atoms with E-state index in [4.69, 9.17) is 9.47 Å². The second-order valence-electron chi connectivity index (χ2n) is 5.11. The summed E-state index contributed by atoms with van der Waals surface area (Å²) >= 11 is 0. The van der Waals surface area contributed by atoms with Crippen LogP contribution in [0.15, 0.2) is 18.2 Å². The lowest BCUT2D eigenvalue weighted by Crippen LogP contribution is -2.41. The van der Waals surface area contributed by atoms with Gasteiger partial charge in [-0.25, -0.2) is 4.79 Å². The maximum Gasteiger partial charge on any atom is 0.415 e. The molecular weight excluding hydrogens is 234 g/mol. The molecule has 0 aliphatic carbocycles. The molecule has 98 valence electrons. The molecule has 1 amide bonds. The smallest absolute Gasteiger partial charge is 0.415 e. The van der Waals surface area contributed by atoms with Crippen molar-refractivity contribution in [2.24, 2.45) is 0 Å². The maximum atomic E-state index is 12.1. The van der Waals surface area contributed by atoms with Gasteiger partial charge in [-0.1, -0.05) is 6.07 Å². The van der Waals surface area contributed by atoms with Crippen molar-refractivity contribution < 1.29 is 19.4 Å². The first-order valence-electron chi connectivity index (χ1n) is 5.84. The number of phenolic OH excluding ortho intramolecular Hbond substituents is 1. The van der Waals surface area contributed by atoms with Gasteiger partial charge in [-0.3, -0.25) is 4.90 Å². The monoisotopic (exact) mass is 251 g/mol. The van der Waals surface area contributed by atoms with Crippen LogP contribution in [0.3, 0.4) is 0 Å². The van der Waals surface area contributed by atoms with E-state index in [9.17, 15) is 9.90 Å². The molecule has 1 N–H and O–H groups in total. The van der Waals surface area contributed by atoms with Crippen LogP contribution in [-0.2, 0) is 4.74 Å². The molecule has 1 aliphatic rings. The number of aromatic hydroxyl groups is 1. The standard InChI is InChI=1S/C13H17NO4/c1-13(2,3)18-12(16)14-7-8-17-11-9(14)5-4-6-10(11)15/h4-6,15H,7-8H2,1-3H3. The lowest BCUT2D eigenvalue weighted by molar-refractivity contribution is 0.0567. The number of phenols is 1. The highest BCUT2D eigenvalue weighted by atomic mass is 16.6. The Labute approximate surface area is 106 Å². The highest BCUT2D eigenvalue weighted by molar-refractivity contribution is 5.91. The molecule has 1 aromatic carbocycles. The molecule has 18 heavy (non-hydrogen) atoms. The lowest BCUT2D eigenvalue weighted by atomic mass is 10.2. The minimum atomic E-state index is -0.549. The van der Waals surface area contributed by atoms with E-state index in [1.807, 2.05) is 20.8 Å². The highest BCUT2D eigenvalue weighted by Crippen LogP contribution is 2.39. The van der Waals surface area contributed by atoms with Crippen molar-refractivity contribution in [3.8, 4) is 11.5 Å². The first-order valence-corrected chi connectivity index (χ1v) is 5.84. The molecule has 0 radical (unpaired) electrons. The van der Waals surface area contributed by atoms with Crippen molar-refractivity contribution in [1.82, 2.24) is 0 Å². The fourth-order valence-electron chi connectivity index (χ4n) is 1.74. The summed E-state index contributed by atoms with van der Waals surface area (Å²) in [7, 11) is 0. The Hall–Kier alpha value is -1.91. The van der Waals surface area contributed by atoms with Crippen molar-refractivity contribution in [1.29, 1.82) is 0 Å². The van der Waals surface area contributed by atoms with Gasteiger partial charge in [0.2, 0.25) is 0 Å². The molecule has 0 spiro atoms. The molecule has 0 bridgehead atoms. The van der Waals surface area contributed by atoms with Crippen LogP contribution in [0.25, 0.3) is 0 Å². The molecule has 0 fully saturated rings. The number of anilines is 1. The predicted octanol–water partition coefficient (Wildman–Crippen LogP) is 2.53. The van der Waals surface area contributed by atoms with Crippen molar-refractivity contribution >= 4 is 11.8 Å². The average Bonchev–Trinajstić information content (AvgIpc) is 2.26. The summed E-state index contributed by atoms with van der Waals surface area (Å²) in [6.07, 6.45) is -0.433. The minimum Gasteiger partial charge on any atom is -0.504 e. The van der Waals surface area contributed by atoms with Crippen LogP contribution >= 0.6 is 0 Å². The molecule has 5 nitrogen and oxygen atoms in total. The molecule has 0 atom stereocenters. The van der Waals surface area contributed by atoms with Gasteiger partial charge in [0.15, 0.2) is 11.5 Å². The van der Waals surface area contributed by atoms with Crippen LogP contribution in [0.1, 0.15) is 20.8 Å². The average molecular weight is 251 g/mol. The normalized spacial score (nSPS) is 14.7. The Kier molecular flexibility index (Phi) is 3.07. The van der Waals surface area contributed by atoms with E-state index in [-0.39, 0.29) is 5.75 Å². The van der Waals surface area contributed by atoms with E-state index in [0.29, 0.717) is 24.6 Å². The quantitative estimate of drug-likeness (QED) is 0.769. The molecule has 0 unspecified atom stereocenters. The van der Waals surface area contributed by atoms with Crippen LogP contribution in [0.2, 0.25) is 0 Å². The van der Waals surface area contributed by atoms with Crippen LogP contribution in [0.4, 0.5) is 10.5 Å². The number of carbonyl (C=O) groups is 1. The first-order chi connectivity index (χ1) is 8.38. The molecule has 0 aromatic heterocycles. The van der Waals surface area contributed by atoms with Gasteiger partial charge in [-0.15, -0.1) is 0 Å². The Morgan fingerprint density at radius 1 is 1.44 bits per heavy atom. The van der Waals surface area contributed by atoms with Crippen molar-refractivity contribution in [3.05, 3.63) is 18.2 Å². The number of carbonyl (C=O) groups excluding carboxylic acids is 1. The molecule has 0 saturated carbocycles. The largest absolute Gasteiger partial charge is 0.504 e. The SMILES string of the molecule is CC(C)(C)OC(=O)N1CCOc2c(O)cccc21. The minimum absolute atomic E-state index is 0.0285. The number of fused-ring (bicyclic) bond motifs is 1. The topological polar surface area (TPSA) is 59.0 Å². The summed E-state index contributed by atoms with van der Waals surface area (Å²) in [5, 5.41) is 9.68. The summed E-state index contributed by atoms with van der Waals surface area (Å²) in [5.41, 5.74) is -0.0117. The fourth-order valence-corrected chi connectivity index (χ4v) is 1.74. The number of amides is 1. The Bertz CT molecular complexity index is 465. The Morgan fingerprint density at radius 3 is 2.83 bits per heavy atom. The number of benzene rings is 1. The van der Waals surface area contributed by atoms with E-state index in [2.05, 4.69) is 0 Å². The molecule has 1 aliphatic heterocycles. The molecule has 1 heterocycles. The van der Waals surface area contributed by atoms with Crippen LogP contribution < -0.4 is 9.64 Å². The van der Waals surface area contributed by atoms with Gasteiger partial charge in [0.05, 0.1) is 12.2 Å². The maximum absolute atomic E-state index is 12.1. The van der Waals surface area contributed by atoms with Gasteiger partial charge in [-0.2, -0.15) is 0 Å². The molecule has 5 heteroatoms. The summed E-state index contributed by atoms with van der Waals surface area (Å²) in [6.45, 7) is 6.19. The zero-order valence-corrected chi connectivity index (χ0v) is 10.8. The molecule has 0 saturated heterocycles. The van der Waals surface area contributed by atoms with E-state index in [1.165, 1.54) is 11.0 Å². The van der Waals surface area contributed by atoms with Crippen molar-refractivity contribution in [2.45, 2.75) is 26.4 Å². The summed E-state index contributed by atoms with van der Waals surface area (Å²) in [4.78, 5) is 13.5. The van der Waals surface area contributed by atoms with Gasteiger partial charge < -0.3 is 14.6 Å². The Morgan fingerprint density at radius 2 is 2.17 bits per heavy atom. The van der Waals surface area contributed by atoms with Crippen LogP contribution in [0.5, 0.6) is 11.5 Å². The summed E-state index contributed by atoms with van der Waals surface area (Å²) in [6, 6.07) is 4.91. The van der Waals surface area contributed by atoms with Gasteiger partial charge in [-0.05, 0) is 32.9 Å². The number of ether oxygens (including phenoxy) is 2. The van der Waals surface area contributed by atoms with E-state index in [0.717, 1.165) is 0 Å². The van der Waals surface area contributed by atoms with Gasteiger partial charge in [0.25, 0.3) is 0 Å². The third-order valence-electron chi connectivity index (χ3n) is 2.44. The number of para-hydroxylation sites is 1. The predicted molar refractivity (Wildman–Crippen MR) is 67.2 cm³/mol. The van der Waals surface area contributed by atoms with E-state index < -0.39 is 11.7 Å². The Balaban J connectivity index is 2.28. The highest BCUT2D eigenvalue weighted by Gasteiger charge is 2.29. The van der Waals surface area contributed by atoms with Crippen LogP contribution in [0, 0.1) is 0 Å². The summed E-state index contributed by atoms with van der Waals surface area (Å²) < 4.78 is 10.7. The van der Waals surface area contributed by atoms with E-state index in [1.54, 1.807) is 12.1 Å². The molecule has 1 aromatic rings. The zero-order chi connectivity index (χ0) is 13.3.